The summed E-state index contributed by atoms with van der Waals surface area (Å²) < 4.78 is 0. The van der Waals surface area contributed by atoms with Crippen molar-refractivity contribution in [1.82, 2.24) is 15.2 Å². The minimum absolute atomic E-state index is 0.219. The molecule has 1 fully saturated rings. The second-order valence-corrected chi connectivity index (χ2v) is 5.50. The number of hydrogen-bond donors (Lipinski definition) is 1. The first-order chi connectivity index (χ1) is 9.47. The lowest BCUT2D eigenvalue weighted by atomic mass is 10.0. The van der Waals surface area contributed by atoms with E-state index in [0.29, 0.717) is 30.0 Å². The van der Waals surface area contributed by atoms with Gasteiger partial charge in [0, 0.05) is 19.3 Å². The van der Waals surface area contributed by atoms with E-state index in [-0.39, 0.29) is 6.04 Å². The Morgan fingerprint density at radius 2 is 2.40 bits per heavy atom. The van der Waals surface area contributed by atoms with Crippen molar-refractivity contribution < 1.29 is 4.92 Å². The Labute approximate surface area is 122 Å². The summed E-state index contributed by atoms with van der Waals surface area (Å²) in [7, 11) is 0. The van der Waals surface area contributed by atoms with Gasteiger partial charge in [0.25, 0.3) is 6.20 Å². The summed E-state index contributed by atoms with van der Waals surface area (Å²) in [5.74, 6) is 0.934. The Morgan fingerprint density at radius 1 is 1.65 bits per heavy atom. The molecule has 0 spiro atoms. The molecule has 1 aliphatic heterocycles. The van der Waals surface area contributed by atoms with Gasteiger partial charge in [-0.25, -0.2) is 4.98 Å². The topological polar surface area (TPSA) is 71.3 Å². The molecule has 1 aliphatic rings. The highest BCUT2D eigenvalue weighted by atomic mass is 35.5. The van der Waals surface area contributed by atoms with Crippen LogP contribution in [0.1, 0.15) is 19.4 Å². The highest BCUT2D eigenvalue weighted by Crippen LogP contribution is 2.23. The van der Waals surface area contributed by atoms with Gasteiger partial charge in [-0.15, -0.1) is 0 Å². The zero-order chi connectivity index (χ0) is 14.7. The summed E-state index contributed by atoms with van der Waals surface area (Å²) in [6.45, 7) is 5.49. The molecule has 0 aromatic carbocycles. The highest BCUT2D eigenvalue weighted by molar-refractivity contribution is 6.29. The molecule has 0 saturated carbocycles. The Morgan fingerprint density at radius 3 is 2.95 bits per heavy atom. The Hall–Kier alpha value is -1.82. The predicted molar refractivity (Wildman–Crippen MR) is 76.5 cm³/mol. The Kier molecular flexibility index (Phi) is 4.44. The standard InChI is InChI=1S/C13H17ClN4O2/c1-9(2)11-6-16-13(8-18(19)20)17(11)7-10-3-4-12(14)15-5-10/h3-5,8-9,11,16H,6-7H2,1-2H3/b13-8+/t11-/m1/s1. The van der Waals surface area contributed by atoms with Crippen LogP contribution in [-0.2, 0) is 6.54 Å². The van der Waals surface area contributed by atoms with Gasteiger partial charge in [0.1, 0.15) is 5.15 Å². The molecule has 0 radical (unpaired) electrons. The third-order valence-electron chi connectivity index (χ3n) is 3.34. The van der Waals surface area contributed by atoms with Crippen LogP contribution in [0.4, 0.5) is 0 Å². The average Bonchev–Trinajstić information content (AvgIpc) is 2.74. The molecule has 2 heterocycles. The second kappa shape index (κ2) is 6.09. The molecule has 1 aromatic rings. The van der Waals surface area contributed by atoms with Crippen molar-refractivity contribution in [2.24, 2.45) is 5.92 Å². The maximum Gasteiger partial charge on any atom is 0.274 e. The van der Waals surface area contributed by atoms with Crippen molar-refractivity contribution in [3.63, 3.8) is 0 Å². The van der Waals surface area contributed by atoms with E-state index in [1.807, 2.05) is 11.0 Å². The lowest BCUT2D eigenvalue weighted by molar-refractivity contribution is -0.404. The van der Waals surface area contributed by atoms with E-state index in [1.54, 1.807) is 12.3 Å². The van der Waals surface area contributed by atoms with Crippen molar-refractivity contribution in [2.45, 2.75) is 26.4 Å². The molecule has 0 aliphatic carbocycles. The van der Waals surface area contributed by atoms with Gasteiger partial charge in [-0.2, -0.15) is 0 Å². The SMILES string of the molecule is CC(C)[C@H]1CN/C(=C\[N+](=O)[O-])N1Cc1ccc(Cl)nc1. The molecule has 7 heteroatoms. The van der Waals surface area contributed by atoms with Gasteiger partial charge in [0.15, 0.2) is 5.82 Å². The molecule has 6 nitrogen and oxygen atoms in total. The van der Waals surface area contributed by atoms with Crippen LogP contribution in [0.2, 0.25) is 5.15 Å². The fourth-order valence-electron chi connectivity index (χ4n) is 2.31. The third kappa shape index (κ3) is 3.39. The van der Waals surface area contributed by atoms with Crippen LogP contribution < -0.4 is 5.32 Å². The van der Waals surface area contributed by atoms with E-state index in [2.05, 4.69) is 24.1 Å². The van der Waals surface area contributed by atoms with Crippen LogP contribution in [-0.4, -0.2) is 27.4 Å². The first-order valence-electron chi connectivity index (χ1n) is 6.43. The van der Waals surface area contributed by atoms with Crippen LogP contribution in [0.3, 0.4) is 0 Å². The first-order valence-corrected chi connectivity index (χ1v) is 6.81. The lowest BCUT2D eigenvalue weighted by Crippen LogP contribution is -2.34. The van der Waals surface area contributed by atoms with E-state index >= 15 is 0 Å². The quantitative estimate of drug-likeness (QED) is 0.524. The monoisotopic (exact) mass is 296 g/mol. The van der Waals surface area contributed by atoms with E-state index in [4.69, 9.17) is 11.6 Å². The fourth-order valence-corrected chi connectivity index (χ4v) is 2.43. The molecule has 108 valence electrons. The average molecular weight is 297 g/mol. The number of rotatable bonds is 4. The van der Waals surface area contributed by atoms with Crippen molar-refractivity contribution in [3.8, 4) is 0 Å². The zero-order valence-electron chi connectivity index (χ0n) is 11.4. The van der Waals surface area contributed by atoms with E-state index in [1.165, 1.54) is 0 Å². The van der Waals surface area contributed by atoms with Crippen molar-refractivity contribution in [1.29, 1.82) is 0 Å². The van der Waals surface area contributed by atoms with Gasteiger partial charge in [-0.3, -0.25) is 10.1 Å². The number of pyridine rings is 1. The number of nitro groups is 1. The van der Waals surface area contributed by atoms with Crippen molar-refractivity contribution in [2.75, 3.05) is 6.54 Å². The summed E-state index contributed by atoms with van der Waals surface area (Å²) in [5, 5.41) is 14.2. The van der Waals surface area contributed by atoms with Gasteiger partial charge in [-0.05, 0) is 17.5 Å². The first kappa shape index (κ1) is 14.6. The van der Waals surface area contributed by atoms with Gasteiger partial charge in [-0.1, -0.05) is 31.5 Å². The minimum Gasteiger partial charge on any atom is -0.364 e. The summed E-state index contributed by atoms with van der Waals surface area (Å²) in [5.41, 5.74) is 0.970. The van der Waals surface area contributed by atoms with Crippen LogP contribution >= 0.6 is 11.6 Å². The molecule has 1 aromatic heterocycles. The number of hydrogen-bond acceptors (Lipinski definition) is 5. The summed E-state index contributed by atoms with van der Waals surface area (Å²) in [6.07, 6.45) is 2.72. The molecule has 1 atom stereocenters. The van der Waals surface area contributed by atoms with Gasteiger partial charge < -0.3 is 10.2 Å². The van der Waals surface area contributed by atoms with Crippen LogP contribution in [0, 0.1) is 16.0 Å². The summed E-state index contributed by atoms with van der Waals surface area (Å²) in [4.78, 5) is 16.3. The smallest absolute Gasteiger partial charge is 0.274 e. The summed E-state index contributed by atoms with van der Waals surface area (Å²) >= 11 is 5.77. The molecule has 0 unspecified atom stereocenters. The molecule has 0 amide bonds. The van der Waals surface area contributed by atoms with Crippen LogP contribution in [0.5, 0.6) is 0 Å². The van der Waals surface area contributed by atoms with E-state index in [9.17, 15) is 10.1 Å². The molecule has 2 rings (SSSR count). The van der Waals surface area contributed by atoms with Crippen LogP contribution in [0.25, 0.3) is 0 Å². The molecule has 1 saturated heterocycles. The van der Waals surface area contributed by atoms with Crippen molar-refractivity contribution >= 4 is 11.6 Å². The maximum atomic E-state index is 10.7. The highest BCUT2D eigenvalue weighted by Gasteiger charge is 2.31. The number of aromatic nitrogens is 1. The summed E-state index contributed by atoms with van der Waals surface area (Å²) in [6, 6.07) is 3.83. The molecular weight excluding hydrogens is 280 g/mol. The molecule has 1 N–H and O–H groups in total. The van der Waals surface area contributed by atoms with Crippen molar-refractivity contribution in [3.05, 3.63) is 51.2 Å². The molecule has 20 heavy (non-hydrogen) atoms. The molecule has 0 bridgehead atoms. The number of nitrogens with one attached hydrogen (secondary N) is 1. The second-order valence-electron chi connectivity index (χ2n) is 5.11. The molecular formula is C13H17ClN4O2. The van der Waals surface area contributed by atoms with Gasteiger partial charge >= 0.3 is 0 Å². The predicted octanol–water partition coefficient (Wildman–Crippen LogP) is 2.24. The largest absolute Gasteiger partial charge is 0.364 e. The third-order valence-corrected chi connectivity index (χ3v) is 3.56. The zero-order valence-corrected chi connectivity index (χ0v) is 12.2. The number of halogens is 1. The normalized spacial score (nSPS) is 20.5. The lowest BCUT2D eigenvalue weighted by Gasteiger charge is -2.27. The van der Waals surface area contributed by atoms with Crippen LogP contribution in [0.15, 0.2) is 30.4 Å². The number of nitrogens with zero attached hydrogens (tertiary/aromatic N) is 3. The fraction of sp³-hybridized carbons (Fsp3) is 0.462. The minimum atomic E-state index is -0.432. The Bertz CT molecular complexity index is 516. The van der Waals surface area contributed by atoms with E-state index < -0.39 is 4.92 Å². The maximum absolute atomic E-state index is 10.7. The van der Waals surface area contributed by atoms with Gasteiger partial charge in [0.05, 0.1) is 11.0 Å². The Balaban J connectivity index is 2.22. The van der Waals surface area contributed by atoms with E-state index in [0.717, 1.165) is 11.8 Å². The van der Waals surface area contributed by atoms with Gasteiger partial charge in [0.2, 0.25) is 0 Å².